The monoisotopic (exact) mass is 621 g/mol. The Balaban J connectivity index is 1.45. The number of imide groups is 1. The minimum Gasteiger partial charge on any atom is -0.508 e. The van der Waals surface area contributed by atoms with Crippen LogP contribution in [0.4, 0.5) is 0 Å². The Morgan fingerprint density at radius 1 is 0.809 bits per heavy atom. The standard InChI is InChI=1S/C41H35NO5/c1-2-21-42-39(46)29-19-18-28-31(35(29)40(42)47)22-32-38(45)30(24-11-5-3-6-12-24)23-34(44)41(32,26-14-7-4-8-15-26)37(28)36-27-16-10-9-13-25(27)17-20-33(36)43/h3-18,20,23,29,31-32,35,37,43H,2,19,21-22H2,1H3. The number of aromatic hydroxyl groups is 1. The zero-order valence-electron chi connectivity index (χ0n) is 26.1. The van der Waals surface area contributed by atoms with Gasteiger partial charge in [-0.15, -0.1) is 0 Å². The fourth-order valence-corrected chi connectivity index (χ4v) is 9.28. The fraction of sp³-hybridized carbons (Fsp3) is 0.268. The van der Waals surface area contributed by atoms with E-state index in [-0.39, 0.29) is 35.6 Å². The Morgan fingerprint density at radius 2 is 1.51 bits per heavy atom. The van der Waals surface area contributed by atoms with E-state index < -0.39 is 35.0 Å². The van der Waals surface area contributed by atoms with Crippen molar-refractivity contribution in [1.29, 1.82) is 0 Å². The van der Waals surface area contributed by atoms with E-state index in [9.17, 15) is 14.7 Å². The third-order valence-corrected chi connectivity index (χ3v) is 11.1. The molecule has 6 nitrogen and oxygen atoms in total. The van der Waals surface area contributed by atoms with E-state index in [1.165, 1.54) is 11.0 Å². The maximum Gasteiger partial charge on any atom is 0.233 e. The van der Waals surface area contributed by atoms with Gasteiger partial charge in [-0.2, -0.15) is 0 Å². The van der Waals surface area contributed by atoms with Crippen molar-refractivity contribution in [3.8, 4) is 5.75 Å². The minimum atomic E-state index is -1.39. The summed E-state index contributed by atoms with van der Waals surface area (Å²) in [7, 11) is 0. The molecule has 6 atom stereocenters. The smallest absolute Gasteiger partial charge is 0.233 e. The van der Waals surface area contributed by atoms with Crippen molar-refractivity contribution in [1.82, 2.24) is 4.90 Å². The lowest BCUT2D eigenvalue weighted by molar-refractivity contribution is -0.140. The number of rotatable bonds is 5. The summed E-state index contributed by atoms with van der Waals surface area (Å²) in [6, 6.07) is 30.0. The number of benzene rings is 4. The lowest BCUT2D eigenvalue weighted by Crippen LogP contribution is -2.58. The van der Waals surface area contributed by atoms with Crippen LogP contribution in [-0.4, -0.2) is 39.9 Å². The molecular weight excluding hydrogens is 586 g/mol. The second-order valence-corrected chi connectivity index (χ2v) is 13.3. The van der Waals surface area contributed by atoms with Gasteiger partial charge in [0.25, 0.3) is 0 Å². The first-order valence-electron chi connectivity index (χ1n) is 16.5. The lowest BCUT2D eigenvalue weighted by Gasteiger charge is -2.55. The average Bonchev–Trinajstić information content (AvgIpc) is 3.35. The predicted molar refractivity (Wildman–Crippen MR) is 179 cm³/mol. The molecule has 4 aromatic carbocycles. The molecule has 1 aliphatic heterocycles. The summed E-state index contributed by atoms with van der Waals surface area (Å²) in [6.45, 7) is 2.31. The van der Waals surface area contributed by atoms with Crippen molar-refractivity contribution in [3.63, 3.8) is 0 Å². The van der Waals surface area contributed by atoms with Crippen molar-refractivity contribution >= 4 is 39.7 Å². The minimum absolute atomic E-state index is 0.0333. The second-order valence-electron chi connectivity index (χ2n) is 13.3. The molecule has 0 radical (unpaired) electrons. The number of hydrogen-bond acceptors (Lipinski definition) is 5. The Bertz CT molecular complexity index is 2030. The van der Waals surface area contributed by atoms with Gasteiger partial charge in [0.1, 0.15) is 5.75 Å². The molecule has 0 bridgehead atoms. The number of likely N-dealkylation sites (tertiary alicyclic amines) is 1. The highest BCUT2D eigenvalue weighted by Gasteiger charge is 2.66. The van der Waals surface area contributed by atoms with Crippen LogP contribution < -0.4 is 0 Å². The van der Waals surface area contributed by atoms with Crippen LogP contribution in [0.25, 0.3) is 16.3 Å². The Labute approximate surface area is 273 Å². The summed E-state index contributed by atoms with van der Waals surface area (Å²) in [6.07, 6.45) is 4.83. The van der Waals surface area contributed by atoms with Crippen LogP contribution in [-0.2, 0) is 24.6 Å². The Kier molecular flexibility index (Phi) is 6.87. The number of nitrogens with zero attached hydrogens (tertiary/aromatic N) is 1. The van der Waals surface area contributed by atoms with Gasteiger partial charge in [0.15, 0.2) is 11.6 Å². The average molecular weight is 622 g/mol. The molecule has 0 aromatic heterocycles. The molecule has 1 heterocycles. The third kappa shape index (κ3) is 4.10. The molecule has 1 saturated carbocycles. The fourth-order valence-electron chi connectivity index (χ4n) is 9.28. The molecule has 2 amide bonds. The molecule has 1 saturated heterocycles. The quantitative estimate of drug-likeness (QED) is 0.196. The SMILES string of the molecule is CCCN1C(=O)C2CC=C3C(CC4C(=O)C(c5ccccc5)=CC(=O)C4(c4ccccc4)C3c3c(O)ccc4ccccc34)C2C1=O. The van der Waals surface area contributed by atoms with Crippen LogP contribution in [0.15, 0.2) is 115 Å². The number of amides is 2. The summed E-state index contributed by atoms with van der Waals surface area (Å²) >= 11 is 0. The first-order chi connectivity index (χ1) is 22.9. The number of fused-ring (bicyclic) bond motifs is 5. The van der Waals surface area contributed by atoms with Gasteiger partial charge in [-0.05, 0) is 59.2 Å². The van der Waals surface area contributed by atoms with Gasteiger partial charge in [0, 0.05) is 29.5 Å². The molecule has 234 valence electrons. The highest BCUT2D eigenvalue weighted by atomic mass is 16.3. The number of allylic oxidation sites excluding steroid dienone is 4. The molecule has 3 aliphatic carbocycles. The summed E-state index contributed by atoms with van der Waals surface area (Å²) < 4.78 is 0. The number of carbonyl (C=O) groups is 4. The van der Waals surface area contributed by atoms with Gasteiger partial charge >= 0.3 is 0 Å². The van der Waals surface area contributed by atoms with E-state index in [1.807, 2.05) is 104 Å². The second kappa shape index (κ2) is 11.0. The van der Waals surface area contributed by atoms with Crippen molar-refractivity contribution in [3.05, 3.63) is 131 Å². The van der Waals surface area contributed by atoms with Gasteiger partial charge in [-0.3, -0.25) is 24.1 Å². The Hall–Kier alpha value is -5.10. The van der Waals surface area contributed by atoms with Crippen LogP contribution in [0, 0.1) is 23.7 Å². The molecule has 6 heteroatoms. The van der Waals surface area contributed by atoms with Gasteiger partial charge in [0.05, 0.1) is 17.3 Å². The molecule has 4 aliphatic rings. The van der Waals surface area contributed by atoms with E-state index in [4.69, 9.17) is 0 Å². The molecule has 1 N–H and O–H groups in total. The summed E-state index contributed by atoms with van der Waals surface area (Å²) in [5, 5.41) is 13.5. The topological polar surface area (TPSA) is 91.8 Å². The van der Waals surface area contributed by atoms with Crippen LogP contribution in [0.1, 0.15) is 48.8 Å². The van der Waals surface area contributed by atoms with Gasteiger partial charge in [-0.25, -0.2) is 0 Å². The van der Waals surface area contributed by atoms with Crippen LogP contribution in [0.3, 0.4) is 0 Å². The molecule has 6 unspecified atom stereocenters. The molecule has 4 aromatic rings. The number of ketones is 2. The number of Topliss-reactive ketones (excluding diaryl/α,β-unsaturated/α-hetero) is 1. The van der Waals surface area contributed by atoms with Crippen molar-refractivity contribution in [2.75, 3.05) is 6.54 Å². The number of phenolic OH excluding ortho intramolecular Hbond substituents is 1. The maximum atomic E-state index is 15.2. The summed E-state index contributed by atoms with van der Waals surface area (Å²) in [5.41, 5.74) is 1.77. The number of hydrogen-bond donors (Lipinski definition) is 1. The van der Waals surface area contributed by atoms with Gasteiger partial charge in [-0.1, -0.05) is 110 Å². The first-order valence-corrected chi connectivity index (χ1v) is 16.5. The van der Waals surface area contributed by atoms with E-state index in [0.29, 0.717) is 41.6 Å². The van der Waals surface area contributed by atoms with Crippen LogP contribution in [0.5, 0.6) is 5.75 Å². The van der Waals surface area contributed by atoms with Crippen LogP contribution in [0.2, 0.25) is 0 Å². The van der Waals surface area contributed by atoms with Crippen molar-refractivity contribution < 1.29 is 24.3 Å². The van der Waals surface area contributed by atoms with E-state index in [2.05, 4.69) is 0 Å². The molecule has 0 spiro atoms. The van der Waals surface area contributed by atoms with Gasteiger partial charge < -0.3 is 5.11 Å². The van der Waals surface area contributed by atoms with E-state index >= 15 is 9.59 Å². The largest absolute Gasteiger partial charge is 0.508 e. The molecule has 47 heavy (non-hydrogen) atoms. The maximum absolute atomic E-state index is 15.2. The molecule has 8 rings (SSSR count). The highest BCUT2D eigenvalue weighted by Crippen LogP contribution is 2.65. The summed E-state index contributed by atoms with van der Waals surface area (Å²) in [4.78, 5) is 59.4. The van der Waals surface area contributed by atoms with Crippen molar-refractivity contribution in [2.45, 2.75) is 37.5 Å². The van der Waals surface area contributed by atoms with E-state index in [1.54, 1.807) is 6.07 Å². The third-order valence-electron chi connectivity index (χ3n) is 11.1. The zero-order chi connectivity index (χ0) is 32.4. The van der Waals surface area contributed by atoms with Gasteiger partial charge in [0.2, 0.25) is 11.8 Å². The Morgan fingerprint density at radius 3 is 2.26 bits per heavy atom. The van der Waals surface area contributed by atoms with E-state index in [0.717, 1.165) is 16.3 Å². The number of carbonyl (C=O) groups excluding carboxylic acids is 4. The lowest BCUT2D eigenvalue weighted by atomic mass is 9.44. The predicted octanol–water partition coefficient (Wildman–Crippen LogP) is 6.78. The summed E-state index contributed by atoms with van der Waals surface area (Å²) in [5.74, 6) is -3.87. The molecule has 2 fully saturated rings. The highest BCUT2D eigenvalue weighted by molar-refractivity contribution is 6.31. The van der Waals surface area contributed by atoms with Crippen LogP contribution >= 0.6 is 0 Å². The first kappa shape index (κ1) is 29.3. The molecular formula is C41H35NO5. The number of phenols is 1. The zero-order valence-corrected chi connectivity index (χ0v) is 26.1. The van der Waals surface area contributed by atoms with Crippen molar-refractivity contribution in [2.24, 2.45) is 23.7 Å². The normalized spacial score (nSPS) is 28.4.